The number of hydrogen-bond acceptors (Lipinski definition) is 5. The minimum Gasteiger partial charge on any atom is -0.466 e. The molecule has 0 radical (unpaired) electrons. The van der Waals surface area contributed by atoms with Crippen LogP contribution in [0.4, 0.5) is 0 Å². The Hall–Kier alpha value is -2.18. The van der Waals surface area contributed by atoms with E-state index in [1.54, 1.807) is 6.08 Å². The molecule has 0 aromatic heterocycles. The summed E-state index contributed by atoms with van der Waals surface area (Å²) in [6.45, 7) is 4.92. The molecule has 0 aliphatic rings. The molecular formula is C85H161NO5. The van der Waals surface area contributed by atoms with Gasteiger partial charge >= 0.3 is 5.97 Å². The van der Waals surface area contributed by atoms with Gasteiger partial charge in [-0.1, -0.05) is 403 Å². The molecule has 0 fully saturated rings. The molecule has 1 amide bonds. The van der Waals surface area contributed by atoms with Crippen molar-refractivity contribution in [1.82, 2.24) is 5.32 Å². The van der Waals surface area contributed by atoms with Gasteiger partial charge in [0.2, 0.25) is 5.91 Å². The molecule has 6 nitrogen and oxygen atoms in total. The third kappa shape index (κ3) is 76.7. The number of carbonyl (C=O) groups excluding carboxylic acids is 2. The van der Waals surface area contributed by atoms with Crippen LogP contribution in [0.3, 0.4) is 0 Å². The summed E-state index contributed by atoms with van der Waals surface area (Å²) in [4.78, 5) is 24.6. The van der Waals surface area contributed by atoms with Crippen molar-refractivity contribution in [3.63, 3.8) is 0 Å². The van der Waals surface area contributed by atoms with E-state index in [1.165, 1.54) is 379 Å². The zero-order valence-electron chi connectivity index (χ0n) is 61.6. The summed E-state index contributed by atoms with van der Waals surface area (Å²) in [7, 11) is 0. The van der Waals surface area contributed by atoms with Gasteiger partial charge in [-0.2, -0.15) is 0 Å². The van der Waals surface area contributed by atoms with Gasteiger partial charge in [-0.25, -0.2) is 0 Å². The fourth-order valence-corrected chi connectivity index (χ4v) is 13.0. The van der Waals surface area contributed by atoms with Crippen molar-refractivity contribution < 1.29 is 24.5 Å². The third-order valence-corrected chi connectivity index (χ3v) is 19.3. The molecule has 536 valence electrons. The molecule has 0 saturated carbocycles. The van der Waals surface area contributed by atoms with Crippen LogP contribution in [-0.4, -0.2) is 47.4 Å². The average Bonchev–Trinajstić information content (AvgIpc) is 3.75. The monoisotopic (exact) mass is 1280 g/mol. The van der Waals surface area contributed by atoms with Gasteiger partial charge in [0.1, 0.15) is 0 Å². The Balaban J connectivity index is 3.37. The predicted octanol–water partition coefficient (Wildman–Crippen LogP) is 27.5. The molecule has 0 aromatic rings. The number of allylic oxidation sites excluding steroid dienone is 7. The normalized spacial score (nSPS) is 12.7. The highest BCUT2D eigenvalue weighted by molar-refractivity contribution is 5.76. The molecule has 0 bridgehead atoms. The van der Waals surface area contributed by atoms with Crippen molar-refractivity contribution in [2.24, 2.45) is 0 Å². The summed E-state index contributed by atoms with van der Waals surface area (Å²) in [6.07, 6.45) is 107. The lowest BCUT2D eigenvalue weighted by Crippen LogP contribution is -2.45. The fourth-order valence-electron chi connectivity index (χ4n) is 13.0. The van der Waals surface area contributed by atoms with Crippen molar-refractivity contribution >= 4 is 11.9 Å². The Morgan fingerprint density at radius 3 is 0.868 bits per heavy atom. The SMILES string of the molecule is CCCCC/C=C\C/C=C\CCCCCCCC(=O)OCCCCCCCCCCCCCCCC/C=C\CCCCCCCCCCCCCCCCCCCC(=O)NC(CO)C(O)/C=C/CCCCCCCCCCCCCCCCCCCCCCCC. The Morgan fingerprint density at radius 1 is 0.308 bits per heavy atom. The van der Waals surface area contributed by atoms with Crippen LogP contribution in [0.2, 0.25) is 0 Å². The third-order valence-electron chi connectivity index (χ3n) is 19.3. The maximum Gasteiger partial charge on any atom is 0.305 e. The van der Waals surface area contributed by atoms with Gasteiger partial charge in [-0.15, -0.1) is 0 Å². The number of ether oxygens (including phenoxy) is 1. The van der Waals surface area contributed by atoms with Gasteiger partial charge in [0.25, 0.3) is 0 Å². The van der Waals surface area contributed by atoms with E-state index >= 15 is 0 Å². The van der Waals surface area contributed by atoms with Gasteiger partial charge in [0.15, 0.2) is 0 Å². The maximum absolute atomic E-state index is 12.6. The highest BCUT2D eigenvalue weighted by atomic mass is 16.5. The predicted molar refractivity (Wildman–Crippen MR) is 402 cm³/mol. The molecule has 0 aromatic carbocycles. The Kier molecular flexibility index (Phi) is 78.3. The number of aliphatic hydroxyl groups excluding tert-OH is 2. The second-order valence-electron chi connectivity index (χ2n) is 28.4. The van der Waals surface area contributed by atoms with E-state index in [2.05, 4.69) is 55.6 Å². The van der Waals surface area contributed by atoms with Crippen LogP contribution in [0.1, 0.15) is 457 Å². The van der Waals surface area contributed by atoms with E-state index < -0.39 is 12.1 Å². The second kappa shape index (κ2) is 80.3. The minimum atomic E-state index is -0.844. The van der Waals surface area contributed by atoms with Crippen molar-refractivity contribution in [1.29, 1.82) is 0 Å². The molecule has 0 spiro atoms. The zero-order chi connectivity index (χ0) is 65.6. The first-order valence-corrected chi connectivity index (χ1v) is 41.4. The van der Waals surface area contributed by atoms with Crippen molar-refractivity contribution in [2.45, 2.75) is 469 Å². The number of rotatable bonds is 78. The Labute approximate surface area is 569 Å². The van der Waals surface area contributed by atoms with E-state index in [0.29, 0.717) is 19.4 Å². The number of aliphatic hydroxyl groups is 2. The summed E-state index contributed by atoms with van der Waals surface area (Å²) in [5.41, 5.74) is 0. The van der Waals surface area contributed by atoms with Crippen LogP contribution in [0.5, 0.6) is 0 Å². The van der Waals surface area contributed by atoms with Crippen LogP contribution in [0.15, 0.2) is 48.6 Å². The summed E-state index contributed by atoms with van der Waals surface area (Å²) < 4.78 is 5.49. The van der Waals surface area contributed by atoms with Gasteiger partial charge < -0.3 is 20.3 Å². The van der Waals surface area contributed by atoms with Crippen LogP contribution in [-0.2, 0) is 14.3 Å². The molecule has 2 atom stereocenters. The summed E-state index contributed by atoms with van der Waals surface area (Å²) in [6, 6.07) is -0.627. The topological polar surface area (TPSA) is 95.9 Å². The van der Waals surface area contributed by atoms with Crippen LogP contribution >= 0.6 is 0 Å². The minimum absolute atomic E-state index is 0.00644. The molecule has 0 heterocycles. The summed E-state index contributed by atoms with van der Waals surface area (Å²) in [5.74, 6) is -0.0531. The highest BCUT2D eigenvalue weighted by Crippen LogP contribution is 2.20. The lowest BCUT2D eigenvalue weighted by Gasteiger charge is -2.20. The fraction of sp³-hybridized carbons (Fsp3) is 0.882. The van der Waals surface area contributed by atoms with Crippen molar-refractivity contribution in [3.05, 3.63) is 48.6 Å². The molecular weight excluding hydrogens is 1110 g/mol. The van der Waals surface area contributed by atoms with Crippen molar-refractivity contribution in [3.8, 4) is 0 Å². The molecule has 0 aliphatic heterocycles. The lowest BCUT2D eigenvalue weighted by atomic mass is 10.0. The van der Waals surface area contributed by atoms with E-state index in [9.17, 15) is 19.8 Å². The lowest BCUT2D eigenvalue weighted by molar-refractivity contribution is -0.143. The number of unbranched alkanes of at least 4 members (excludes halogenated alkanes) is 61. The molecule has 3 N–H and O–H groups in total. The summed E-state index contributed by atoms with van der Waals surface area (Å²) >= 11 is 0. The molecule has 6 heteroatoms. The number of amides is 1. The molecule has 91 heavy (non-hydrogen) atoms. The molecule has 0 rings (SSSR count). The largest absolute Gasteiger partial charge is 0.466 e. The first-order valence-electron chi connectivity index (χ1n) is 41.4. The molecule has 0 saturated heterocycles. The van der Waals surface area contributed by atoms with Crippen LogP contribution in [0.25, 0.3) is 0 Å². The Morgan fingerprint density at radius 2 is 0.549 bits per heavy atom. The van der Waals surface area contributed by atoms with Crippen LogP contribution in [0, 0.1) is 0 Å². The van der Waals surface area contributed by atoms with Gasteiger partial charge in [0.05, 0.1) is 25.4 Å². The first kappa shape index (κ1) is 88.8. The van der Waals surface area contributed by atoms with Gasteiger partial charge in [-0.3, -0.25) is 9.59 Å². The standard InChI is InChI=1S/C85H161NO5/c1-3-5-7-9-11-13-15-17-19-20-21-22-23-37-40-43-46-50-53-57-61-65-69-73-77-83(88)82(81-87)86-84(89)78-74-70-66-62-58-54-51-47-44-41-38-35-33-31-29-27-25-24-26-28-30-32-34-36-39-42-45-48-52-56-60-64-68-72-76-80-91-85(90)79-75-71-67-63-59-55-49-18-16-14-12-10-8-6-4-2/h12,14,18,26,28,49,73,77,82-83,87-88H,3-11,13,15-17,19-25,27,29-48,50-72,74-76,78-81H2,1-2H3,(H,86,89)/b14-12-,28-26-,49-18-,77-73+. The number of hydrogen-bond donors (Lipinski definition) is 3. The molecule has 2 unspecified atom stereocenters. The number of esters is 1. The quantitative estimate of drug-likeness (QED) is 0.0320. The van der Waals surface area contributed by atoms with E-state index in [4.69, 9.17) is 4.74 Å². The summed E-state index contributed by atoms with van der Waals surface area (Å²) in [5, 5.41) is 23.3. The first-order chi connectivity index (χ1) is 45.0. The Bertz CT molecular complexity index is 1520. The van der Waals surface area contributed by atoms with E-state index in [1.807, 2.05) is 6.08 Å². The van der Waals surface area contributed by atoms with Gasteiger partial charge in [0, 0.05) is 12.8 Å². The molecule has 0 aliphatic carbocycles. The van der Waals surface area contributed by atoms with Crippen LogP contribution < -0.4 is 5.32 Å². The maximum atomic E-state index is 12.6. The highest BCUT2D eigenvalue weighted by Gasteiger charge is 2.18. The number of nitrogens with one attached hydrogen (secondary N) is 1. The van der Waals surface area contributed by atoms with Crippen molar-refractivity contribution in [2.75, 3.05) is 13.2 Å². The van der Waals surface area contributed by atoms with Gasteiger partial charge in [-0.05, 0) is 89.9 Å². The average molecular weight is 1280 g/mol. The zero-order valence-corrected chi connectivity index (χ0v) is 61.6. The van der Waals surface area contributed by atoms with E-state index in [0.717, 1.165) is 51.4 Å². The number of carbonyl (C=O) groups is 2. The van der Waals surface area contributed by atoms with E-state index in [-0.39, 0.29) is 18.5 Å². The smallest absolute Gasteiger partial charge is 0.305 e. The second-order valence-corrected chi connectivity index (χ2v) is 28.4.